The lowest BCUT2D eigenvalue weighted by Gasteiger charge is -2.46. The lowest BCUT2D eigenvalue weighted by Crippen LogP contribution is -2.70. The molecular weight excluding hydrogens is 1230 g/mol. The smallest absolute Gasteiger partial charge is 0.246 e. The number of aliphatic imine (C=N–C) groups is 2. The molecule has 0 bridgehead atoms. The third kappa shape index (κ3) is 16.8. The van der Waals surface area contributed by atoms with E-state index >= 15 is 0 Å². The topological polar surface area (TPSA) is 607 Å². The van der Waals surface area contributed by atoms with Crippen molar-refractivity contribution in [1.82, 2.24) is 42.1 Å². The van der Waals surface area contributed by atoms with E-state index in [1.807, 2.05) is 0 Å². The van der Waals surface area contributed by atoms with Gasteiger partial charge in [-0.1, -0.05) is 49.4 Å². The van der Waals surface area contributed by atoms with Crippen LogP contribution in [-0.2, 0) is 54.1 Å². The van der Waals surface area contributed by atoms with Crippen LogP contribution in [0.15, 0.2) is 64.6 Å². The van der Waals surface area contributed by atoms with Gasteiger partial charge in [-0.05, 0) is 30.2 Å². The van der Waals surface area contributed by atoms with Gasteiger partial charge in [-0.25, -0.2) is 0 Å². The standard InChI is InChI=1S/C42H58N12O15.C13H24O10/c1-17(19-5-3-2-4-6-19)27-37(66)48-21(11-18-7-9-20(57)10-8-18)36(65)52-28(30(59)22-12-46-41(43)50-22)39(68)53-29(38(67)49-23(15-55)35(64)45-14-26(58)51-27)31(60)24-13-47-42(44)54(24)40-34(63)33(62)32(61)25(16-56)69-40;1-4-7(16)10(19)12(6(3-15)21-4)23-13-11(20)9(18)8(17)5(2-14)22-13/h2-10,17,21-25,27-34,40,55-57,59-63H,11-16H2,1H3,(H2,44,47)(H,45,64)(H,48,66)(H,49,67)(H,51,58)(H,52,65)(H,53,68)(H3,43,46,50);4-20H,2-3H2,1H3. The van der Waals surface area contributed by atoms with Crippen molar-refractivity contribution in [3.63, 3.8) is 0 Å². The number of ether oxygens (including phenoxy) is 4. The summed E-state index contributed by atoms with van der Waals surface area (Å²) in [6.07, 6.45) is -26.6. The van der Waals surface area contributed by atoms with Crippen LogP contribution in [0.3, 0.4) is 0 Å². The second-order valence-corrected chi connectivity index (χ2v) is 22.8. The Kier molecular flexibility index (Phi) is 25.3. The Morgan fingerprint density at radius 1 is 0.587 bits per heavy atom. The van der Waals surface area contributed by atoms with E-state index in [4.69, 9.17) is 35.5 Å². The summed E-state index contributed by atoms with van der Waals surface area (Å²) in [6.45, 7) is -1.52. The zero-order chi connectivity index (χ0) is 67.6. The summed E-state index contributed by atoms with van der Waals surface area (Å²) < 4.78 is 21.5. The predicted octanol–water partition coefficient (Wildman–Crippen LogP) is -13.2. The highest BCUT2D eigenvalue weighted by atomic mass is 16.7. The van der Waals surface area contributed by atoms with Crippen molar-refractivity contribution in [3.05, 3.63) is 65.7 Å². The fourth-order valence-corrected chi connectivity index (χ4v) is 11.1. The third-order valence-electron chi connectivity index (χ3n) is 16.6. The molecule has 0 aromatic heterocycles. The molecule has 0 spiro atoms. The number of nitrogens with zero attached hydrogens (tertiary/aromatic N) is 3. The first-order valence-electron chi connectivity index (χ1n) is 29.3. The van der Waals surface area contributed by atoms with Gasteiger partial charge in [0.1, 0.15) is 121 Å². The zero-order valence-electron chi connectivity index (χ0n) is 49.6. The molecule has 26 N–H and O–H groups in total. The van der Waals surface area contributed by atoms with Crippen molar-refractivity contribution in [2.45, 2.75) is 173 Å². The van der Waals surface area contributed by atoms with Gasteiger partial charge < -0.3 is 149 Å². The highest BCUT2D eigenvalue weighted by molar-refractivity contribution is 5.98. The van der Waals surface area contributed by atoms with Crippen LogP contribution >= 0.6 is 0 Å². The van der Waals surface area contributed by atoms with Gasteiger partial charge in [-0.2, -0.15) is 0 Å². The van der Waals surface area contributed by atoms with Crippen LogP contribution in [-0.4, -0.2) is 321 Å². The van der Waals surface area contributed by atoms with E-state index in [0.717, 1.165) is 4.90 Å². The van der Waals surface area contributed by atoms with Crippen molar-refractivity contribution < 1.29 is 124 Å². The van der Waals surface area contributed by atoms with E-state index in [9.17, 15) is 100 Å². The Morgan fingerprint density at radius 3 is 1.77 bits per heavy atom. The van der Waals surface area contributed by atoms with E-state index in [-0.39, 0.29) is 24.7 Å². The summed E-state index contributed by atoms with van der Waals surface area (Å²) in [5.74, 6) is -8.29. The number of aliphatic hydroxyl groups excluding tert-OH is 14. The number of nitrogens with one attached hydrogen (secondary N) is 7. The number of aliphatic hydroxyl groups is 14. The van der Waals surface area contributed by atoms with Crippen molar-refractivity contribution in [2.24, 2.45) is 21.5 Å². The molecule has 8 rings (SSSR count). The molecule has 6 amide bonds. The van der Waals surface area contributed by atoms with E-state index in [2.05, 4.69) is 47.2 Å². The number of rotatable bonds is 15. The van der Waals surface area contributed by atoms with Crippen molar-refractivity contribution in [2.75, 3.05) is 46.1 Å². The number of phenolic OH excluding ortho intramolecular Hbond substituents is 1. The molecule has 0 saturated carbocycles. The molecule has 6 aliphatic rings. The number of guanidine groups is 2. The molecule has 6 heterocycles. The average Bonchev–Trinajstić information content (AvgIpc) is 1.49. The molecule has 2 aromatic rings. The minimum atomic E-state index is -2.25. The van der Waals surface area contributed by atoms with Crippen LogP contribution in [0.5, 0.6) is 5.75 Å². The third-order valence-corrected chi connectivity index (χ3v) is 16.6. The Labute approximate surface area is 524 Å². The largest absolute Gasteiger partial charge is 0.508 e. The molecule has 6 aliphatic heterocycles. The molecule has 0 aliphatic carbocycles. The van der Waals surface area contributed by atoms with Gasteiger partial charge in [-0.15, -0.1) is 0 Å². The molecule has 4 saturated heterocycles. The maximum atomic E-state index is 14.7. The van der Waals surface area contributed by atoms with Gasteiger partial charge in [-0.3, -0.25) is 38.8 Å². The number of nitrogens with two attached hydrogens (primary N) is 2. The Balaban J connectivity index is 0.000000437. The molecule has 25 atom stereocenters. The van der Waals surface area contributed by atoms with E-state index in [1.165, 1.54) is 31.2 Å². The monoisotopic (exact) mass is 1310 g/mol. The van der Waals surface area contributed by atoms with Gasteiger partial charge in [0, 0.05) is 12.3 Å². The van der Waals surface area contributed by atoms with Gasteiger partial charge in [0.25, 0.3) is 0 Å². The minimum Gasteiger partial charge on any atom is -0.508 e. The quantitative estimate of drug-likeness (QED) is 0.0787. The molecule has 4 fully saturated rings. The Morgan fingerprint density at radius 2 is 1.16 bits per heavy atom. The number of aromatic hydroxyl groups is 1. The van der Waals surface area contributed by atoms with Crippen LogP contribution in [0.1, 0.15) is 30.9 Å². The average molecular weight is 1310 g/mol. The van der Waals surface area contributed by atoms with E-state index in [0.29, 0.717) is 11.1 Å². The number of phenols is 1. The van der Waals surface area contributed by atoms with Crippen LogP contribution in [0.2, 0.25) is 0 Å². The first-order valence-corrected chi connectivity index (χ1v) is 29.3. The van der Waals surface area contributed by atoms with Gasteiger partial charge in [0.05, 0.1) is 64.2 Å². The second-order valence-electron chi connectivity index (χ2n) is 22.8. The molecule has 25 unspecified atom stereocenters. The van der Waals surface area contributed by atoms with E-state index < -0.39 is 233 Å². The van der Waals surface area contributed by atoms with Crippen LogP contribution in [0, 0.1) is 0 Å². The highest BCUT2D eigenvalue weighted by Crippen LogP contribution is 2.31. The van der Waals surface area contributed by atoms with Gasteiger partial charge in [0.15, 0.2) is 24.4 Å². The first-order chi connectivity index (χ1) is 43.6. The summed E-state index contributed by atoms with van der Waals surface area (Å²) in [5.41, 5.74) is 13.0. The van der Waals surface area contributed by atoms with Crippen LogP contribution < -0.4 is 48.7 Å². The fourth-order valence-electron chi connectivity index (χ4n) is 11.1. The maximum absolute atomic E-state index is 14.7. The Bertz CT molecular complexity index is 2890. The molecule has 2 aromatic carbocycles. The number of benzene rings is 2. The molecule has 92 heavy (non-hydrogen) atoms. The number of carbonyl (C=O) groups excluding carboxylic acids is 6. The van der Waals surface area contributed by atoms with Crippen LogP contribution in [0.25, 0.3) is 0 Å². The van der Waals surface area contributed by atoms with Gasteiger partial charge in [0.2, 0.25) is 35.4 Å². The SMILES string of the molecule is CC(c1ccccc1)C1NC(=O)CNC(=O)C(CO)NC(=O)C(C(O)C2CN=C(N)N2C2OC(CO)C(O)C(O)C2O)NC(=O)C(C(O)C2CN=C(N)N2)NC(=O)C(Cc2ccc(O)cc2)NC1=O.CC1OC(CO)C(OC2OC(CO)C(O)C(O)C2O)C(O)C1O. The molecule has 0 radical (unpaired) electrons. The highest BCUT2D eigenvalue weighted by Gasteiger charge is 2.53. The summed E-state index contributed by atoms with van der Waals surface area (Å²) in [6, 6.07) is 2.05. The lowest BCUT2D eigenvalue weighted by molar-refractivity contribution is -0.341. The molecular formula is C55H82N12O25. The number of amides is 6. The summed E-state index contributed by atoms with van der Waals surface area (Å²) in [7, 11) is 0. The van der Waals surface area contributed by atoms with Crippen molar-refractivity contribution in [3.8, 4) is 5.75 Å². The Hall–Kier alpha value is -7.12. The van der Waals surface area contributed by atoms with Gasteiger partial charge >= 0.3 is 0 Å². The summed E-state index contributed by atoms with van der Waals surface area (Å²) >= 11 is 0. The molecule has 37 nitrogen and oxygen atoms in total. The fraction of sp³-hybridized carbons (Fsp3) is 0.636. The first kappa shape index (κ1) is 72.3. The minimum absolute atomic E-state index is 0.122. The van der Waals surface area contributed by atoms with Crippen molar-refractivity contribution >= 4 is 47.4 Å². The molecule has 512 valence electrons. The zero-order valence-corrected chi connectivity index (χ0v) is 49.6. The second kappa shape index (κ2) is 32.1. The summed E-state index contributed by atoms with van der Waals surface area (Å²) in [4.78, 5) is 94.1. The van der Waals surface area contributed by atoms with E-state index in [1.54, 1.807) is 37.3 Å². The predicted molar refractivity (Wildman–Crippen MR) is 310 cm³/mol. The number of carbonyl (C=O) groups is 6. The molecule has 37 heteroatoms. The number of hydrogen-bond acceptors (Lipinski definition) is 31. The lowest BCUT2D eigenvalue weighted by atomic mass is 9.92. The number of hydrogen-bond donors (Lipinski definition) is 24. The van der Waals surface area contributed by atoms with Crippen LogP contribution in [0.4, 0.5) is 0 Å². The summed E-state index contributed by atoms with van der Waals surface area (Å²) in [5, 5.41) is 171. The van der Waals surface area contributed by atoms with Crippen molar-refractivity contribution in [1.29, 1.82) is 0 Å². The maximum Gasteiger partial charge on any atom is 0.246 e. The normalized spacial score (nSPS) is 37.1.